The standard InChI is InChI=1S/C15H16ClN3O4S/c1-10-9-14(18-23-10)17-15(20)13-3-2-8-19(13)24(21,22)12-6-4-11(16)5-7-12/h4-7,9,13H,2-3,8H2,1H3,(H,17,18,20). The van der Waals surface area contributed by atoms with Gasteiger partial charge >= 0.3 is 0 Å². The van der Waals surface area contributed by atoms with E-state index < -0.39 is 22.0 Å². The first-order valence-electron chi connectivity index (χ1n) is 7.39. The molecule has 128 valence electrons. The van der Waals surface area contributed by atoms with Crippen molar-refractivity contribution in [1.82, 2.24) is 9.46 Å². The van der Waals surface area contributed by atoms with Gasteiger partial charge in [0.15, 0.2) is 5.82 Å². The highest BCUT2D eigenvalue weighted by Crippen LogP contribution is 2.27. The molecule has 1 aliphatic rings. The number of benzene rings is 1. The van der Waals surface area contributed by atoms with E-state index in [0.717, 1.165) is 0 Å². The van der Waals surface area contributed by atoms with Crippen molar-refractivity contribution in [2.24, 2.45) is 0 Å². The zero-order valence-electron chi connectivity index (χ0n) is 12.9. The lowest BCUT2D eigenvalue weighted by Crippen LogP contribution is -2.43. The first kappa shape index (κ1) is 16.9. The number of nitrogens with zero attached hydrogens (tertiary/aromatic N) is 2. The molecule has 2 aromatic rings. The molecule has 0 saturated carbocycles. The molecule has 24 heavy (non-hydrogen) atoms. The summed E-state index contributed by atoms with van der Waals surface area (Å²) in [6.45, 7) is 2.00. The third-order valence-corrected chi connectivity index (χ3v) is 5.98. The first-order valence-corrected chi connectivity index (χ1v) is 9.21. The highest BCUT2D eigenvalue weighted by atomic mass is 35.5. The second-order valence-electron chi connectivity index (χ2n) is 5.54. The van der Waals surface area contributed by atoms with Gasteiger partial charge in [0.1, 0.15) is 11.8 Å². The number of hydrogen-bond acceptors (Lipinski definition) is 5. The van der Waals surface area contributed by atoms with E-state index in [1.807, 2.05) is 0 Å². The van der Waals surface area contributed by atoms with Gasteiger partial charge in [-0.1, -0.05) is 16.8 Å². The molecule has 9 heteroatoms. The molecule has 1 fully saturated rings. The van der Waals surface area contributed by atoms with Crippen molar-refractivity contribution in [2.45, 2.75) is 30.7 Å². The summed E-state index contributed by atoms with van der Waals surface area (Å²) in [4.78, 5) is 12.6. The normalized spacial score (nSPS) is 18.7. The number of amides is 1. The molecule has 2 heterocycles. The van der Waals surface area contributed by atoms with Crippen LogP contribution in [0.2, 0.25) is 5.02 Å². The van der Waals surface area contributed by atoms with Gasteiger partial charge in [-0.25, -0.2) is 8.42 Å². The number of nitrogens with one attached hydrogen (secondary N) is 1. The number of carbonyl (C=O) groups excluding carboxylic acids is 1. The Morgan fingerprint density at radius 2 is 2.08 bits per heavy atom. The van der Waals surface area contributed by atoms with Gasteiger partial charge < -0.3 is 9.84 Å². The Bertz CT molecular complexity index is 848. The second-order valence-corrected chi connectivity index (χ2v) is 7.87. The summed E-state index contributed by atoms with van der Waals surface area (Å²) in [5, 5.41) is 6.74. The molecule has 1 saturated heterocycles. The Morgan fingerprint density at radius 3 is 2.71 bits per heavy atom. The number of carbonyl (C=O) groups is 1. The molecule has 1 aliphatic heterocycles. The molecule has 0 radical (unpaired) electrons. The van der Waals surface area contributed by atoms with Crippen LogP contribution in [0.1, 0.15) is 18.6 Å². The van der Waals surface area contributed by atoms with Gasteiger partial charge in [-0.05, 0) is 44.0 Å². The topological polar surface area (TPSA) is 92.5 Å². The molecule has 0 spiro atoms. The van der Waals surface area contributed by atoms with Crippen molar-refractivity contribution in [3.8, 4) is 0 Å². The van der Waals surface area contributed by atoms with Crippen LogP contribution in [0.4, 0.5) is 5.82 Å². The van der Waals surface area contributed by atoms with E-state index in [-0.39, 0.29) is 10.7 Å². The fraction of sp³-hybridized carbons (Fsp3) is 0.333. The Labute approximate surface area is 144 Å². The summed E-state index contributed by atoms with van der Waals surface area (Å²) in [6.07, 6.45) is 1.07. The summed E-state index contributed by atoms with van der Waals surface area (Å²) < 4.78 is 31.7. The van der Waals surface area contributed by atoms with Crippen LogP contribution in [0, 0.1) is 6.92 Å². The number of hydrogen-bond donors (Lipinski definition) is 1. The van der Waals surface area contributed by atoms with Gasteiger partial charge in [0.2, 0.25) is 15.9 Å². The van der Waals surface area contributed by atoms with E-state index in [9.17, 15) is 13.2 Å². The van der Waals surface area contributed by atoms with Crippen LogP contribution < -0.4 is 5.32 Å². The lowest BCUT2D eigenvalue weighted by Gasteiger charge is -2.23. The van der Waals surface area contributed by atoms with E-state index in [2.05, 4.69) is 10.5 Å². The Balaban J connectivity index is 1.81. The molecule has 3 rings (SSSR count). The summed E-state index contributed by atoms with van der Waals surface area (Å²) >= 11 is 5.80. The molecule has 0 aliphatic carbocycles. The molecule has 1 aromatic heterocycles. The second kappa shape index (κ2) is 6.54. The molecule has 1 atom stereocenters. The maximum atomic E-state index is 12.8. The molecule has 1 unspecified atom stereocenters. The summed E-state index contributed by atoms with van der Waals surface area (Å²) in [7, 11) is -3.77. The monoisotopic (exact) mass is 369 g/mol. The minimum absolute atomic E-state index is 0.115. The third-order valence-electron chi connectivity index (χ3n) is 3.81. The number of aromatic nitrogens is 1. The van der Waals surface area contributed by atoms with Gasteiger partial charge in [0, 0.05) is 17.6 Å². The van der Waals surface area contributed by atoms with Crippen LogP contribution >= 0.6 is 11.6 Å². The molecule has 1 amide bonds. The number of halogens is 1. The number of sulfonamides is 1. The zero-order valence-corrected chi connectivity index (χ0v) is 14.5. The summed E-state index contributed by atoms with van der Waals surface area (Å²) in [6, 6.07) is 6.70. The SMILES string of the molecule is Cc1cc(NC(=O)C2CCCN2S(=O)(=O)c2ccc(Cl)cc2)no1. The molecular weight excluding hydrogens is 354 g/mol. The van der Waals surface area contributed by atoms with Gasteiger partial charge in [0.25, 0.3) is 0 Å². The van der Waals surface area contributed by atoms with Gasteiger partial charge in [-0.15, -0.1) is 0 Å². The first-order chi connectivity index (χ1) is 11.4. The fourth-order valence-corrected chi connectivity index (χ4v) is 4.45. The fourth-order valence-electron chi connectivity index (χ4n) is 2.67. The van der Waals surface area contributed by atoms with Gasteiger partial charge in [-0.3, -0.25) is 4.79 Å². The maximum Gasteiger partial charge on any atom is 0.244 e. The van der Waals surface area contributed by atoms with Crippen molar-refractivity contribution in [1.29, 1.82) is 0 Å². The van der Waals surface area contributed by atoms with Crippen molar-refractivity contribution in [3.63, 3.8) is 0 Å². The largest absolute Gasteiger partial charge is 0.360 e. The van der Waals surface area contributed by atoms with Crippen molar-refractivity contribution in [2.75, 3.05) is 11.9 Å². The lowest BCUT2D eigenvalue weighted by atomic mass is 10.2. The number of anilines is 1. The molecule has 0 bridgehead atoms. The smallest absolute Gasteiger partial charge is 0.244 e. The maximum absolute atomic E-state index is 12.8. The highest BCUT2D eigenvalue weighted by molar-refractivity contribution is 7.89. The Hall–Kier alpha value is -1.90. The summed E-state index contributed by atoms with van der Waals surface area (Å²) in [5.74, 6) is 0.411. The van der Waals surface area contributed by atoms with E-state index >= 15 is 0 Å². The van der Waals surface area contributed by atoms with Crippen molar-refractivity contribution in [3.05, 3.63) is 41.1 Å². The van der Waals surface area contributed by atoms with E-state index in [4.69, 9.17) is 16.1 Å². The highest BCUT2D eigenvalue weighted by Gasteiger charge is 2.39. The quantitative estimate of drug-likeness (QED) is 0.893. The predicted octanol–water partition coefficient (Wildman–Crippen LogP) is 2.43. The molecule has 1 N–H and O–H groups in total. The molecule has 1 aromatic carbocycles. The van der Waals surface area contributed by atoms with Crippen LogP contribution in [-0.4, -0.2) is 36.4 Å². The average Bonchev–Trinajstić information content (AvgIpc) is 3.17. The van der Waals surface area contributed by atoms with Crippen LogP contribution in [0.15, 0.2) is 39.8 Å². The molecular formula is C15H16ClN3O4S. The van der Waals surface area contributed by atoms with E-state index in [1.165, 1.54) is 28.6 Å². The van der Waals surface area contributed by atoms with E-state index in [1.54, 1.807) is 13.0 Å². The lowest BCUT2D eigenvalue weighted by molar-refractivity contribution is -0.119. The Kier molecular flexibility index (Phi) is 4.62. The van der Waals surface area contributed by atoms with Crippen LogP contribution in [0.5, 0.6) is 0 Å². The van der Waals surface area contributed by atoms with Gasteiger partial charge in [0.05, 0.1) is 4.90 Å². The predicted molar refractivity (Wildman–Crippen MR) is 88.2 cm³/mol. The number of aryl methyl sites for hydroxylation is 1. The van der Waals surface area contributed by atoms with E-state index in [0.29, 0.717) is 30.2 Å². The zero-order chi connectivity index (χ0) is 17.3. The number of rotatable bonds is 4. The minimum atomic E-state index is -3.77. The van der Waals surface area contributed by atoms with Crippen molar-refractivity contribution >= 4 is 33.3 Å². The van der Waals surface area contributed by atoms with Crippen LogP contribution in [0.3, 0.4) is 0 Å². The van der Waals surface area contributed by atoms with Crippen LogP contribution in [0.25, 0.3) is 0 Å². The van der Waals surface area contributed by atoms with Crippen LogP contribution in [-0.2, 0) is 14.8 Å². The molecule has 7 nitrogen and oxygen atoms in total. The third kappa shape index (κ3) is 3.31. The average molecular weight is 370 g/mol. The Morgan fingerprint density at radius 1 is 1.38 bits per heavy atom. The summed E-state index contributed by atoms with van der Waals surface area (Å²) in [5.41, 5.74) is 0. The van der Waals surface area contributed by atoms with Gasteiger partial charge in [-0.2, -0.15) is 4.31 Å². The minimum Gasteiger partial charge on any atom is -0.360 e. The van der Waals surface area contributed by atoms with Crippen molar-refractivity contribution < 1.29 is 17.7 Å².